The number of methoxy groups -OCH3 is 1. The third-order valence-corrected chi connectivity index (χ3v) is 3.76. The van der Waals surface area contributed by atoms with Crippen LogP contribution < -0.4 is 5.73 Å². The fourth-order valence-corrected chi connectivity index (χ4v) is 2.78. The smallest absolute Gasteiger partial charge is 0.0860 e. The minimum Gasteiger partial charge on any atom is -0.382 e. The summed E-state index contributed by atoms with van der Waals surface area (Å²) in [5.41, 5.74) is 7.61. The molecule has 2 rings (SSSR count). The van der Waals surface area contributed by atoms with Gasteiger partial charge in [0.15, 0.2) is 0 Å². The Bertz CT molecular complexity index is 315. The lowest BCUT2D eigenvalue weighted by molar-refractivity contribution is -0.00938. The molecule has 4 nitrogen and oxygen atoms in total. The summed E-state index contributed by atoms with van der Waals surface area (Å²) < 4.78 is 11.0. The van der Waals surface area contributed by atoms with Crippen LogP contribution in [0.3, 0.4) is 0 Å². The zero-order valence-electron chi connectivity index (χ0n) is 11.2. The molecule has 102 valence electrons. The fourth-order valence-electron chi connectivity index (χ4n) is 2.78. The van der Waals surface area contributed by atoms with Crippen LogP contribution in [0.5, 0.6) is 0 Å². The Morgan fingerprint density at radius 1 is 1.39 bits per heavy atom. The number of nitrogens with zero attached hydrogens (tertiary/aromatic N) is 1. The monoisotopic (exact) mass is 252 g/mol. The number of nitrogens with two attached hydrogens (primary N) is 1. The molecule has 4 heteroatoms. The van der Waals surface area contributed by atoms with Crippen molar-refractivity contribution in [2.45, 2.75) is 37.8 Å². The van der Waals surface area contributed by atoms with E-state index in [2.05, 4.69) is 11.1 Å². The van der Waals surface area contributed by atoms with E-state index in [1.165, 1.54) is 31.3 Å². The van der Waals surface area contributed by atoms with E-state index in [1.54, 1.807) is 7.11 Å². The van der Waals surface area contributed by atoms with Crippen LogP contribution in [0.1, 0.15) is 25.7 Å². The summed E-state index contributed by atoms with van der Waals surface area (Å²) in [6.07, 6.45) is 9.22. The minimum absolute atomic E-state index is 0.0574. The van der Waals surface area contributed by atoms with Crippen LogP contribution in [0, 0.1) is 5.92 Å². The highest BCUT2D eigenvalue weighted by atomic mass is 16.5. The van der Waals surface area contributed by atoms with E-state index in [9.17, 15) is 0 Å². The van der Waals surface area contributed by atoms with Crippen molar-refractivity contribution >= 4 is 6.21 Å². The number of hydrogen-bond donors (Lipinski definition) is 1. The molecule has 2 aliphatic rings. The molecular weight excluding hydrogens is 228 g/mol. The van der Waals surface area contributed by atoms with Crippen LogP contribution >= 0.6 is 0 Å². The first-order valence-electron chi connectivity index (χ1n) is 6.88. The van der Waals surface area contributed by atoms with Crippen molar-refractivity contribution < 1.29 is 9.47 Å². The lowest BCUT2D eigenvalue weighted by atomic mass is 9.82. The molecule has 0 aromatic heterocycles. The van der Waals surface area contributed by atoms with Gasteiger partial charge in [0.2, 0.25) is 0 Å². The lowest BCUT2D eigenvalue weighted by Gasteiger charge is -2.35. The van der Waals surface area contributed by atoms with E-state index < -0.39 is 0 Å². The molecule has 0 saturated carbocycles. The van der Waals surface area contributed by atoms with Gasteiger partial charge in [0.1, 0.15) is 0 Å². The van der Waals surface area contributed by atoms with Crippen molar-refractivity contribution in [2.24, 2.45) is 16.6 Å². The summed E-state index contributed by atoms with van der Waals surface area (Å²) in [6.45, 7) is 2.04. The molecule has 3 unspecified atom stereocenters. The molecule has 0 bridgehead atoms. The molecule has 0 aromatic rings. The van der Waals surface area contributed by atoms with Crippen molar-refractivity contribution in [3.63, 3.8) is 0 Å². The number of allylic oxidation sites excluding steroid dienone is 1. The summed E-state index contributed by atoms with van der Waals surface area (Å²) in [5, 5.41) is 0. The van der Waals surface area contributed by atoms with Crippen molar-refractivity contribution in [1.29, 1.82) is 0 Å². The summed E-state index contributed by atoms with van der Waals surface area (Å²) >= 11 is 0. The highest BCUT2D eigenvalue weighted by molar-refractivity contribution is 5.66. The Balaban J connectivity index is 2.00. The fraction of sp³-hybridized carbons (Fsp3) is 0.786. The Labute approximate surface area is 109 Å². The van der Waals surface area contributed by atoms with Gasteiger partial charge in [-0.15, -0.1) is 0 Å². The van der Waals surface area contributed by atoms with Gasteiger partial charge in [0.05, 0.1) is 25.4 Å². The molecule has 0 aromatic carbocycles. The van der Waals surface area contributed by atoms with Gasteiger partial charge in [0.25, 0.3) is 0 Å². The van der Waals surface area contributed by atoms with E-state index in [-0.39, 0.29) is 12.1 Å². The van der Waals surface area contributed by atoms with Crippen LogP contribution in [-0.4, -0.2) is 45.2 Å². The zero-order valence-corrected chi connectivity index (χ0v) is 11.2. The van der Waals surface area contributed by atoms with Crippen LogP contribution in [0.15, 0.2) is 16.6 Å². The molecule has 0 spiro atoms. The van der Waals surface area contributed by atoms with Gasteiger partial charge in [-0.25, -0.2) is 0 Å². The van der Waals surface area contributed by atoms with E-state index in [0.717, 1.165) is 6.54 Å². The van der Waals surface area contributed by atoms with E-state index >= 15 is 0 Å². The molecule has 0 radical (unpaired) electrons. The number of aliphatic imine (C=N–C) groups is 1. The molecule has 0 fully saturated rings. The van der Waals surface area contributed by atoms with Crippen molar-refractivity contribution in [3.05, 3.63) is 11.6 Å². The van der Waals surface area contributed by atoms with E-state index in [0.29, 0.717) is 19.1 Å². The maximum absolute atomic E-state index is 6.12. The molecule has 3 atom stereocenters. The number of hydrogen-bond acceptors (Lipinski definition) is 4. The van der Waals surface area contributed by atoms with Crippen LogP contribution in [-0.2, 0) is 9.47 Å². The molecular formula is C14H24N2O2. The van der Waals surface area contributed by atoms with Crippen molar-refractivity contribution in [2.75, 3.05) is 26.9 Å². The van der Waals surface area contributed by atoms with Gasteiger partial charge in [0, 0.05) is 25.8 Å². The first kappa shape index (κ1) is 13.7. The second-order valence-electron chi connectivity index (χ2n) is 5.05. The largest absolute Gasteiger partial charge is 0.382 e. The molecule has 1 aliphatic carbocycles. The van der Waals surface area contributed by atoms with Crippen molar-refractivity contribution in [1.82, 2.24) is 0 Å². The molecule has 2 N–H and O–H groups in total. The summed E-state index contributed by atoms with van der Waals surface area (Å²) in [6, 6.07) is -0.0940. The predicted molar refractivity (Wildman–Crippen MR) is 73.0 cm³/mol. The standard InChI is InChI=1S/C14H24N2O2/c1-17-7-8-18-14-12(9-16-10-13(14)15)11-5-3-2-4-6-11/h5,10,12-14H,2-4,6-9,15H2,1H3. The van der Waals surface area contributed by atoms with Gasteiger partial charge < -0.3 is 15.2 Å². The quantitative estimate of drug-likeness (QED) is 0.596. The Morgan fingerprint density at radius 3 is 3.00 bits per heavy atom. The molecule has 1 heterocycles. The first-order valence-corrected chi connectivity index (χ1v) is 6.88. The topological polar surface area (TPSA) is 56.8 Å². The first-order chi connectivity index (χ1) is 8.83. The highest BCUT2D eigenvalue weighted by Gasteiger charge is 2.32. The van der Waals surface area contributed by atoms with Gasteiger partial charge in [-0.1, -0.05) is 11.6 Å². The third-order valence-electron chi connectivity index (χ3n) is 3.76. The SMILES string of the molecule is COCCOC1C(N)C=NCC1C1=CCCCC1. The Kier molecular flexibility index (Phi) is 5.35. The van der Waals surface area contributed by atoms with Gasteiger partial charge in [-0.3, -0.25) is 4.99 Å². The molecule has 1 aliphatic heterocycles. The normalized spacial score (nSPS) is 32.3. The van der Waals surface area contributed by atoms with Gasteiger partial charge in [-0.2, -0.15) is 0 Å². The maximum atomic E-state index is 6.12. The molecule has 0 saturated heterocycles. The average Bonchev–Trinajstić information content (AvgIpc) is 2.42. The lowest BCUT2D eigenvalue weighted by Crippen LogP contribution is -2.48. The third kappa shape index (κ3) is 3.40. The molecule has 18 heavy (non-hydrogen) atoms. The summed E-state index contributed by atoms with van der Waals surface area (Å²) in [7, 11) is 1.69. The predicted octanol–water partition coefficient (Wildman–Crippen LogP) is 1.55. The number of ether oxygens (including phenoxy) is 2. The minimum atomic E-state index is -0.0940. The van der Waals surface area contributed by atoms with Gasteiger partial charge >= 0.3 is 0 Å². The average molecular weight is 252 g/mol. The Morgan fingerprint density at radius 2 is 2.28 bits per heavy atom. The van der Waals surface area contributed by atoms with Crippen LogP contribution in [0.2, 0.25) is 0 Å². The van der Waals surface area contributed by atoms with E-state index in [1.807, 2.05) is 6.21 Å². The molecule has 0 amide bonds. The van der Waals surface area contributed by atoms with Gasteiger partial charge in [-0.05, 0) is 25.7 Å². The Hall–Kier alpha value is -0.710. The second kappa shape index (κ2) is 7.02. The summed E-state index contributed by atoms with van der Waals surface area (Å²) in [5.74, 6) is 0.363. The van der Waals surface area contributed by atoms with Crippen LogP contribution in [0.4, 0.5) is 0 Å². The second-order valence-corrected chi connectivity index (χ2v) is 5.05. The summed E-state index contributed by atoms with van der Waals surface area (Å²) in [4.78, 5) is 4.39. The number of rotatable bonds is 5. The van der Waals surface area contributed by atoms with E-state index in [4.69, 9.17) is 15.2 Å². The zero-order chi connectivity index (χ0) is 12.8. The van der Waals surface area contributed by atoms with Crippen molar-refractivity contribution in [3.8, 4) is 0 Å². The highest BCUT2D eigenvalue weighted by Crippen LogP contribution is 2.30. The van der Waals surface area contributed by atoms with Crippen LogP contribution in [0.25, 0.3) is 0 Å². The maximum Gasteiger partial charge on any atom is 0.0860 e.